The number of carboxylic acids is 1. The zero-order valence-corrected chi connectivity index (χ0v) is 25.2. The molecule has 0 saturated carbocycles. The van der Waals surface area contributed by atoms with Gasteiger partial charge in [-0.2, -0.15) is 0 Å². The average molecular weight is 627 g/mol. The SMILES string of the molecule is COc1cc(/C=C2/SC(=S)N(C(C(=O)O)c3ccccc3)C2=O)cc(Br)c1OCc1ccc(C(C)(C)C)cc1. The van der Waals surface area contributed by atoms with Crippen LogP contribution in [0.15, 0.2) is 76.1 Å². The van der Waals surface area contributed by atoms with Crippen LogP contribution in [-0.4, -0.2) is 33.3 Å². The molecular formula is C30H28BrNO5S2. The molecule has 0 spiro atoms. The summed E-state index contributed by atoms with van der Waals surface area (Å²) in [5.41, 5.74) is 3.50. The van der Waals surface area contributed by atoms with Gasteiger partial charge in [0.1, 0.15) is 10.9 Å². The number of nitrogens with zero attached hydrogens (tertiary/aromatic N) is 1. The number of amides is 1. The van der Waals surface area contributed by atoms with Crippen molar-refractivity contribution in [3.63, 3.8) is 0 Å². The number of ether oxygens (including phenoxy) is 2. The Bertz CT molecular complexity index is 1430. The summed E-state index contributed by atoms with van der Waals surface area (Å²) in [4.78, 5) is 26.9. The molecule has 1 amide bonds. The second kappa shape index (κ2) is 11.9. The predicted octanol–water partition coefficient (Wildman–Crippen LogP) is 7.36. The van der Waals surface area contributed by atoms with Crippen molar-refractivity contribution in [3.8, 4) is 11.5 Å². The minimum atomic E-state index is -1.21. The highest BCUT2D eigenvalue weighted by molar-refractivity contribution is 9.10. The number of aliphatic carboxylic acids is 1. The van der Waals surface area contributed by atoms with Crippen LogP contribution in [0.3, 0.4) is 0 Å². The Morgan fingerprint density at radius 2 is 1.79 bits per heavy atom. The summed E-state index contributed by atoms with van der Waals surface area (Å²) in [7, 11) is 1.55. The van der Waals surface area contributed by atoms with Gasteiger partial charge in [-0.1, -0.05) is 99.3 Å². The van der Waals surface area contributed by atoms with Crippen LogP contribution in [0.1, 0.15) is 49.1 Å². The minimum absolute atomic E-state index is 0.0752. The highest BCUT2D eigenvalue weighted by Crippen LogP contribution is 2.41. The van der Waals surface area contributed by atoms with Gasteiger partial charge >= 0.3 is 5.97 Å². The first-order valence-electron chi connectivity index (χ1n) is 12.1. The summed E-state index contributed by atoms with van der Waals surface area (Å²) in [5.74, 6) is -0.588. The molecule has 9 heteroatoms. The Kier molecular flexibility index (Phi) is 8.83. The molecule has 1 aliphatic heterocycles. The van der Waals surface area contributed by atoms with Gasteiger partial charge in [0.05, 0.1) is 16.5 Å². The molecule has 1 aliphatic rings. The van der Waals surface area contributed by atoms with E-state index in [4.69, 9.17) is 21.7 Å². The molecule has 1 N–H and O–H groups in total. The van der Waals surface area contributed by atoms with Crippen LogP contribution in [0.2, 0.25) is 0 Å². The van der Waals surface area contributed by atoms with Crippen molar-refractivity contribution >= 4 is 62.2 Å². The van der Waals surface area contributed by atoms with Crippen molar-refractivity contribution in [2.45, 2.75) is 38.8 Å². The largest absolute Gasteiger partial charge is 0.493 e. The lowest BCUT2D eigenvalue weighted by atomic mass is 9.87. The zero-order valence-electron chi connectivity index (χ0n) is 21.9. The first-order valence-corrected chi connectivity index (χ1v) is 14.2. The van der Waals surface area contributed by atoms with E-state index in [2.05, 4.69) is 61.0 Å². The number of carbonyl (C=O) groups excluding carboxylic acids is 1. The second-order valence-electron chi connectivity index (χ2n) is 9.97. The number of hydrogen-bond donors (Lipinski definition) is 1. The molecular weight excluding hydrogens is 598 g/mol. The number of thioether (sulfide) groups is 1. The molecule has 4 rings (SSSR count). The molecule has 1 unspecified atom stereocenters. The fraction of sp³-hybridized carbons (Fsp3) is 0.233. The third-order valence-electron chi connectivity index (χ3n) is 6.18. The van der Waals surface area contributed by atoms with E-state index in [9.17, 15) is 14.7 Å². The van der Waals surface area contributed by atoms with E-state index in [0.717, 1.165) is 22.2 Å². The molecule has 3 aromatic carbocycles. The summed E-state index contributed by atoms with van der Waals surface area (Å²) in [6.45, 7) is 6.88. The van der Waals surface area contributed by atoms with E-state index in [1.807, 2.05) is 6.07 Å². The van der Waals surface area contributed by atoms with Gasteiger partial charge < -0.3 is 14.6 Å². The maximum atomic E-state index is 13.3. The standard InChI is InChI=1S/C30H28BrNO5S2/c1-30(2,3)21-12-10-18(11-13-21)17-37-26-22(31)14-19(15-23(26)36-4)16-24-27(33)32(29(38)39-24)25(28(34)35)20-8-6-5-7-9-20/h5-16,25H,17H2,1-4H3,(H,34,35)/b24-16+. The predicted molar refractivity (Wildman–Crippen MR) is 162 cm³/mol. The molecule has 1 heterocycles. The Morgan fingerprint density at radius 3 is 2.38 bits per heavy atom. The third-order valence-corrected chi connectivity index (χ3v) is 8.10. The van der Waals surface area contributed by atoms with E-state index in [0.29, 0.717) is 38.6 Å². The Hall–Kier alpha value is -3.14. The molecule has 1 saturated heterocycles. The van der Waals surface area contributed by atoms with Crippen LogP contribution in [0.4, 0.5) is 0 Å². The maximum absolute atomic E-state index is 13.3. The molecule has 3 aromatic rings. The second-order valence-corrected chi connectivity index (χ2v) is 12.5. The lowest BCUT2D eigenvalue weighted by Gasteiger charge is -2.23. The lowest BCUT2D eigenvalue weighted by Crippen LogP contribution is -2.37. The van der Waals surface area contributed by atoms with E-state index in [-0.39, 0.29) is 9.74 Å². The van der Waals surface area contributed by atoms with Crippen molar-refractivity contribution < 1.29 is 24.2 Å². The van der Waals surface area contributed by atoms with Crippen molar-refractivity contribution in [3.05, 3.63) is 98.4 Å². The third kappa shape index (κ3) is 6.54. The quantitative estimate of drug-likeness (QED) is 0.207. The fourth-order valence-electron chi connectivity index (χ4n) is 4.11. The van der Waals surface area contributed by atoms with Crippen molar-refractivity contribution in [2.75, 3.05) is 7.11 Å². The van der Waals surface area contributed by atoms with E-state index in [1.54, 1.807) is 49.6 Å². The summed E-state index contributed by atoms with van der Waals surface area (Å²) in [5, 5.41) is 9.90. The van der Waals surface area contributed by atoms with Gasteiger partial charge in [0.2, 0.25) is 0 Å². The molecule has 0 bridgehead atoms. The van der Waals surface area contributed by atoms with E-state index in [1.165, 1.54) is 5.56 Å². The average Bonchev–Trinajstić information content (AvgIpc) is 3.16. The number of hydrogen-bond acceptors (Lipinski definition) is 6. The van der Waals surface area contributed by atoms with E-state index >= 15 is 0 Å². The zero-order chi connectivity index (χ0) is 28.3. The number of carbonyl (C=O) groups is 2. The number of carboxylic acid groups (broad SMARTS) is 1. The van der Waals surface area contributed by atoms with Gasteiger partial charge in [0.15, 0.2) is 17.5 Å². The number of halogens is 1. The van der Waals surface area contributed by atoms with Crippen molar-refractivity contribution in [1.29, 1.82) is 0 Å². The van der Waals surface area contributed by atoms with Crippen LogP contribution >= 0.6 is 39.9 Å². The topological polar surface area (TPSA) is 76.1 Å². The highest BCUT2D eigenvalue weighted by Gasteiger charge is 2.41. The van der Waals surface area contributed by atoms with Crippen LogP contribution < -0.4 is 9.47 Å². The van der Waals surface area contributed by atoms with Gasteiger partial charge in [-0.3, -0.25) is 9.69 Å². The summed E-state index contributed by atoms with van der Waals surface area (Å²) >= 11 is 10.1. The monoisotopic (exact) mass is 625 g/mol. The molecule has 6 nitrogen and oxygen atoms in total. The normalized spacial score (nSPS) is 15.5. The number of benzene rings is 3. The van der Waals surface area contributed by atoms with Crippen molar-refractivity contribution in [1.82, 2.24) is 4.90 Å². The molecule has 1 atom stereocenters. The Labute approximate surface area is 246 Å². The van der Waals surface area contributed by atoms with Gasteiger partial charge in [-0.05, 0) is 61.8 Å². The molecule has 39 heavy (non-hydrogen) atoms. The van der Waals surface area contributed by atoms with Crippen LogP contribution in [0, 0.1) is 0 Å². The number of rotatable bonds is 8. The van der Waals surface area contributed by atoms with Crippen molar-refractivity contribution in [2.24, 2.45) is 0 Å². The first-order chi connectivity index (χ1) is 18.5. The molecule has 0 radical (unpaired) electrons. The van der Waals surface area contributed by atoms with Crippen LogP contribution in [0.25, 0.3) is 6.08 Å². The highest BCUT2D eigenvalue weighted by atomic mass is 79.9. The fourth-order valence-corrected chi connectivity index (χ4v) is 6.00. The number of methoxy groups -OCH3 is 1. The molecule has 202 valence electrons. The maximum Gasteiger partial charge on any atom is 0.331 e. The molecule has 0 aromatic heterocycles. The van der Waals surface area contributed by atoms with Gasteiger partial charge in [0.25, 0.3) is 5.91 Å². The number of thiocarbonyl (C=S) groups is 1. The molecule has 0 aliphatic carbocycles. The van der Waals surface area contributed by atoms with Gasteiger partial charge in [-0.15, -0.1) is 0 Å². The Morgan fingerprint density at radius 1 is 1.13 bits per heavy atom. The Balaban J connectivity index is 1.56. The summed E-state index contributed by atoms with van der Waals surface area (Å²) in [6, 6.07) is 19.3. The van der Waals surface area contributed by atoms with E-state index < -0.39 is 17.9 Å². The first kappa shape index (κ1) is 28.9. The van der Waals surface area contributed by atoms with Crippen LogP contribution in [-0.2, 0) is 21.6 Å². The summed E-state index contributed by atoms with van der Waals surface area (Å²) in [6.07, 6.45) is 1.67. The van der Waals surface area contributed by atoms with Gasteiger partial charge in [0, 0.05) is 0 Å². The minimum Gasteiger partial charge on any atom is -0.493 e. The molecule has 1 fully saturated rings. The summed E-state index contributed by atoms with van der Waals surface area (Å²) < 4.78 is 12.5. The van der Waals surface area contributed by atoms with Gasteiger partial charge in [-0.25, -0.2) is 4.79 Å². The van der Waals surface area contributed by atoms with Crippen LogP contribution in [0.5, 0.6) is 11.5 Å². The lowest BCUT2D eigenvalue weighted by molar-refractivity contribution is -0.145. The smallest absolute Gasteiger partial charge is 0.331 e.